The van der Waals surface area contributed by atoms with E-state index in [0.29, 0.717) is 6.61 Å². The van der Waals surface area contributed by atoms with Gasteiger partial charge in [-0.3, -0.25) is 4.90 Å². The summed E-state index contributed by atoms with van der Waals surface area (Å²) in [5, 5.41) is 0. The minimum Gasteiger partial charge on any atom is -0.494 e. The molecule has 2 aliphatic heterocycles. The molecule has 2 aromatic carbocycles. The first-order valence-electron chi connectivity index (χ1n) is 10.1. The van der Waals surface area contributed by atoms with E-state index in [2.05, 4.69) is 65.4 Å². The molecule has 1 saturated heterocycles. The topological polar surface area (TPSA) is 24.9 Å². The van der Waals surface area contributed by atoms with Crippen molar-refractivity contribution in [2.75, 3.05) is 33.3 Å². The Morgan fingerprint density at radius 1 is 1.04 bits per heavy atom. The van der Waals surface area contributed by atoms with E-state index in [4.69, 9.17) is 9.47 Å². The molecule has 2 aliphatic rings. The van der Waals surface area contributed by atoms with Crippen LogP contribution in [0, 0.1) is 0 Å². The first-order chi connectivity index (χ1) is 13.2. The highest BCUT2D eigenvalue weighted by molar-refractivity contribution is 5.35. The summed E-state index contributed by atoms with van der Waals surface area (Å²) in [4.78, 5) is 4.95. The van der Waals surface area contributed by atoms with Gasteiger partial charge in [0.15, 0.2) is 0 Å². The Morgan fingerprint density at radius 2 is 1.78 bits per heavy atom. The highest BCUT2D eigenvalue weighted by Gasteiger charge is 2.39. The molecule has 2 aromatic rings. The maximum atomic E-state index is 6.66. The second kappa shape index (κ2) is 7.91. The van der Waals surface area contributed by atoms with E-state index >= 15 is 0 Å². The predicted octanol–water partition coefficient (Wildman–Crippen LogP) is 3.94. The molecule has 1 fully saturated rings. The van der Waals surface area contributed by atoms with E-state index in [1.165, 1.54) is 11.1 Å². The van der Waals surface area contributed by atoms with Gasteiger partial charge < -0.3 is 14.4 Å². The van der Waals surface area contributed by atoms with Crippen LogP contribution in [-0.2, 0) is 13.1 Å². The first kappa shape index (κ1) is 18.3. The Kier molecular flexibility index (Phi) is 5.37. The normalized spacial score (nSPS) is 19.9. The molecule has 144 valence electrons. The summed E-state index contributed by atoms with van der Waals surface area (Å²) in [6.07, 6.45) is 2.16. The SMILES string of the molecule is CCOc1ccc(CN2Cc3ccccc3OC3(CCN(C)CC3)C2)cc1. The van der Waals surface area contributed by atoms with E-state index < -0.39 is 0 Å². The number of fused-ring (bicyclic) bond motifs is 1. The largest absolute Gasteiger partial charge is 0.494 e. The van der Waals surface area contributed by atoms with Crippen LogP contribution in [0.3, 0.4) is 0 Å². The highest BCUT2D eigenvalue weighted by Crippen LogP contribution is 2.35. The maximum absolute atomic E-state index is 6.66. The third-order valence-electron chi connectivity index (χ3n) is 5.74. The Morgan fingerprint density at radius 3 is 2.52 bits per heavy atom. The minimum atomic E-state index is -0.0790. The van der Waals surface area contributed by atoms with E-state index in [0.717, 1.165) is 57.1 Å². The summed E-state index contributed by atoms with van der Waals surface area (Å²) in [5.74, 6) is 2.01. The van der Waals surface area contributed by atoms with Crippen molar-refractivity contribution in [2.45, 2.75) is 38.5 Å². The van der Waals surface area contributed by atoms with Gasteiger partial charge in [-0.05, 0) is 37.7 Å². The number of piperidine rings is 1. The molecule has 0 atom stereocenters. The molecule has 1 spiro atoms. The summed E-state index contributed by atoms with van der Waals surface area (Å²) in [5.41, 5.74) is 2.53. The van der Waals surface area contributed by atoms with Gasteiger partial charge >= 0.3 is 0 Å². The van der Waals surface area contributed by atoms with Gasteiger partial charge in [0.1, 0.15) is 17.1 Å². The Hall–Kier alpha value is -2.04. The molecule has 0 aliphatic carbocycles. The molecule has 0 aromatic heterocycles. The second-order valence-electron chi connectivity index (χ2n) is 7.92. The zero-order valence-electron chi connectivity index (χ0n) is 16.5. The molecule has 4 rings (SSSR count). The van der Waals surface area contributed by atoms with E-state index in [9.17, 15) is 0 Å². The lowest BCUT2D eigenvalue weighted by atomic mass is 9.90. The quantitative estimate of drug-likeness (QED) is 0.818. The van der Waals surface area contributed by atoms with Crippen LogP contribution in [0.5, 0.6) is 11.5 Å². The molecule has 27 heavy (non-hydrogen) atoms. The van der Waals surface area contributed by atoms with E-state index in [1.54, 1.807) is 0 Å². The fourth-order valence-corrected chi connectivity index (χ4v) is 4.22. The van der Waals surface area contributed by atoms with Crippen molar-refractivity contribution in [2.24, 2.45) is 0 Å². The molecular formula is C23H30N2O2. The fraction of sp³-hybridized carbons (Fsp3) is 0.478. The Balaban J connectivity index is 1.56. The van der Waals surface area contributed by atoms with Crippen molar-refractivity contribution in [3.63, 3.8) is 0 Å². The van der Waals surface area contributed by atoms with Crippen LogP contribution in [0.2, 0.25) is 0 Å². The average molecular weight is 367 g/mol. The number of nitrogens with zero attached hydrogens (tertiary/aromatic N) is 2. The molecule has 4 heteroatoms. The van der Waals surface area contributed by atoms with Crippen LogP contribution in [-0.4, -0.2) is 48.7 Å². The van der Waals surface area contributed by atoms with Gasteiger partial charge in [0.2, 0.25) is 0 Å². The monoisotopic (exact) mass is 366 g/mol. The van der Waals surface area contributed by atoms with Gasteiger partial charge in [0.05, 0.1) is 6.61 Å². The van der Waals surface area contributed by atoms with Crippen molar-refractivity contribution in [1.82, 2.24) is 9.80 Å². The molecule has 0 N–H and O–H groups in total. The summed E-state index contributed by atoms with van der Waals surface area (Å²) in [6.45, 7) is 7.75. The number of hydrogen-bond acceptors (Lipinski definition) is 4. The minimum absolute atomic E-state index is 0.0790. The average Bonchev–Trinajstić information content (AvgIpc) is 2.82. The van der Waals surface area contributed by atoms with E-state index in [1.807, 2.05) is 6.92 Å². The van der Waals surface area contributed by atoms with Crippen LogP contribution >= 0.6 is 0 Å². The van der Waals surface area contributed by atoms with Crippen molar-refractivity contribution in [3.8, 4) is 11.5 Å². The number of ether oxygens (including phenoxy) is 2. The van der Waals surface area contributed by atoms with Crippen LogP contribution in [0.1, 0.15) is 30.9 Å². The van der Waals surface area contributed by atoms with Gasteiger partial charge in [-0.2, -0.15) is 0 Å². The lowest BCUT2D eigenvalue weighted by Gasteiger charge is -2.42. The fourth-order valence-electron chi connectivity index (χ4n) is 4.22. The zero-order valence-corrected chi connectivity index (χ0v) is 16.5. The number of para-hydroxylation sites is 1. The second-order valence-corrected chi connectivity index (χ2v) is 7.92. The molecule has 0 amide bonds. The third kappa shape index (κ3) is 4.28. The number of likely N-dealkylation sites (tertiary alicyclic amines) is 1. The molecule has 2 heterocycles. The Bertz CT molecular complexity index is 751. The van der Waals surface area contributed by atoms with Crippen molar-refractivity contribution >= 4 is 0 Å². The first-order valence-corrected chi connectivity index (χ1v) is 10.1. The number of rotatable bonds is 4. The van der Waals surface area contributed by atoms with Gasteiger partial charge in [-0.1, -0.05) is 30.3 Å². The number of benzene rings is 2. The number of hydrogen-bond donors (Lipinski definition) is 0. The predicted molar refractivity (Wildman–Crippen MR) is 108 cm³/mol. The van der Waals surface area contributed by atoms with Crippen molar-refractivity contribution in [1.29, 1.82) is 0 Å². The van der Waals surface area contributed by atoms with Crippen LogP contribution < -0.4 is 9.47 Å². The molecule has 4 nitrogen and oxygen atoms in total. The standard InChI is InChI=1S/C23H30N2O2/c1-3-26-21-10-8-19(9-11-21)16-25-17-20-6-4-5-7-22(20)27-23(18-25)12-14-24(2)15-13-23/h4-11H,3,12-18H2,1-2H3. The van der Waals surface area contributed by atoms with Crippen LogP contribution in [0.4, 0.5) is 0 Å². The van der Waals surface area contributed by atoms with Gasteiger partial charge in [0, 0.05) is 51.1 Å². The lowest BCUT2D eigenvalue weighted by Crippen LogP contribution is -2.52. The molecule has 0 bridgehead atoms. The summed E-state index contributed by atoms with van der Waals surface area (Å²) in [6, 6.07) is 17.1. The van der Waals surface area contributed by atoms with Crippen LogP contribution in [0.25, 0.3) is 0 Å². The summed E-state index contributed by atoms with van der Waals surface area (Å²) < 4.78 is 12.2. The smallest absolute Gasteiger partial charge is 0.124 e. The maximum Gasteiger partial charge on any atom is 0.124 e. The molecule has 0 radical (unpaired) electrons. The summed E-state index contributed by atoms with van der Waals surface area (Å²) >= 11 is 0. The van der Waals surface area contributed by atoms with E-state index in [-0.39, 0.29) is 5.60 Å². The lowest BCUT2D eigenvalue weighted by molar-refractivity contribution is -0.0146. The molecular weight excluding hydrogens is 336 g/mol. The summed E-state index contributed by atoms with van der Waals surface area (Å²) in [7, 11) is 2.20. The van der Waals surface area contributed by atoms with Gasteiger partial charge in [-0.15, -0.1) is 0 Å². The third-order valence-corrected chi connectivity index (χ3v) is 5.74. The van der Waals surface area contributed by atoms with Crippen molar-refractivity contribution in [3.05, 3.63) is 59.7 Å². The van der Waals surface area contributed by atoms with Crippen molar-refractivity contribution < 1.29 is 9.47 Å². The zero-order chi connectivity index (χ0) is 18.7. The van der Waals surface area contributed by atoms with Gasteiger partial charge in [-0.25, -0.2) is 0 Å². The highest BCUT2D eigenvalue weighted by atomic mass is 16.5. The van der Waals surface area contributed by atoms with Crippen LogP contribution in [0.15, 0.2) is 48.5 Å². The Labute approximate surface area is 162 Å². The van der Waals surface area contributed by atoms with Gasteiger partial charge in [0.25, 0.3) is 0 Å². The molecule has 0 saturated carbocycles. The molecule has 0 unspecified atom stereocenters.